The Balaban J connectivity index is 2.31. The fourth-order valence-corrected chi connectivity index (χ4v) is 2.10. The summed E-state index contributed by atoms with van der Waals surface area (Å²) in [7, 11) is 0. The number of nitro benzene ring substituents is 1. The van der Waals surface area contributed by atoms with Gasteiger partial charge in [-0.1, -0.05) is 12.1 Å². The van der Waals surface area contributed by atoms with E-state index in [2.05, 4.69) is 10.6 Å². The average molecular weight is 315 g/mol. The van der Waals surface area contributed by atoms with Crippen LogP contribution in [0, 0.1) is 17.0 Å². The molecular formula is C16H17N3O4. The van der Waals surface area contributed by atoms with Crippen LogP contribution >= 0.6 is 0 Å². The zero-order chi connectivity index (χ0) is 16.8. The number of aliphatic hydroxyl groups excluding tert-OH is 1. The molecule has 0 fully saturated rings. The minimum Gasteiger partial charge on any atom is -0.395 e. The first-order chi connectivity index (χ1) is 11.0. The highest BCUT2D eigenvalue weighted by molar-refractivity contribution is 6.08. The van der Waals surface area contributed by atoms with E-state index in [9.17, 15) is 14.9 Å². The lowest BCUT2D eigenvalue weighted by atomic mass is 10.1. The number of benzene rings is 2. The smallest absolute Gasteiger partial charge is 0.270 e. The van der Waals surface area contributed by atoms with Gasteiger partial charge in [0, 0.05) is 30.1 Å². The highest BCUT2D eigenvalue weighted by Crippen LogP contribution is 2.23. The molecule has 0 aliphatic rings. The highest BCUT2D eigenvalue weighted by Gasteiger charge is 2.17. The number of nitrogens with one attached hydrogen (secondary N) is 2. The van der Waals surface area contributed by atoms with Gasteiger partial charge in [0.1, 0.15) is 0 Å². The van der Waals surface area contributed by atoms with Crippen LogP contribution in [-0.2, 0) is 0 Å². The molecule has 0 saturated carbocycles. The molecule has 7 heteroatoms. The van der Waals surface area contributed by atoms with Crippen LogP contribution < -0.4 is 10.6 Å². The third kappa shape index (κ3) is 4.27. The van der Waals surface area contributed by atoms with Gasteiger partial charge in [-0.25, -0.2) is 0 Å². The predicted molar refractivity (Wildman–Crippen MR) is 87.8 cm³/mol. The summed E-state index contributed by atoms with van der Waals surface area (Å²) in [6.07, 6.45) is 0. The number of aryl methyl sites for hydroxylation is 1. The molecule has 3 N–H and O–H groups in total. The Morgan fingerprint density at radius 3 is 2.70 bits per heavy atom. The molecule has 2 rings (SSSR count). The van der Waals surface area contributed by atoms with Crippen molar-refractivity contribution >= 4 is 23.0 Å². The molecule has 0 bridgehead atoms. The molecule has 1 amide bonds. The van der Waals surface area contributed by atoms with Gasteiger partial charge in [-0.3, -0.25) is 14.9 Å². The summed E-state index contributed by atoms with van der Waals surface area (Å²) in [5.41, 5.74) is 1.99. The fraction of sp³-hybridized carbons (Fsp3) is 0.188. The van der Waals surface area contributed by atoms with Crippen molar-refractivity contribution in [3.8, 4) is 0 Å². The van der Waals surface area contributed by atoms with Crippen LogP contribution in [0.1, 0.15) is 15.9 Å². The third-order valence-corrected chi connectivity index (χ3v) is 3.16. The largest absolute Gasteiger partial charge is 0.395 e. The average Bonchev–Trinajstić information content (AvgIpc) is 2.52. The Kier molecular flexibility index (Phi) is 5.27. The molecule has 0 saturated heterocycles. The molecular weight excluding hydrogens is 298 g/mol. The molecule has 23 heavy (non-hydrogen) atoms. The number of carbonyl (C=O) groups is 1. The van der Waals surface area contributed by atoms with Crippen molar-refractivity contribution in [1.82, 2.24) is 0 Å². The molecule has 0 radical (unpaired) electrons. The lowest BCUT2D eigenvalue weighted by molar-refractivity contribution is -0.384. The molecule has 0 atom stereocenters. The van der Waals surface area contributed by atoms with Crippen molar-refractivity contribution in [3.05, 3.63) is 63.7 Å². The first-order valence-corrected chi connectivity index (χ1v) is 7.02. The van der Waals surface area contributed by atoms with E-state index in [0.717, 1.165) is 5.56 Å². The molecule has 7 nitrogen and oxygen atoms in total. The summed E-state index contributed by atoms with van der Waals surface area (Å²) < 4.78 is 0. The number of amides is 1. The summed E-state index contributed by atoms with van der Waals surface area (Å²) in [5.74, 6) is -0.459. The number of rotatable bonds is 6. The Labute approximate surface area is 133 Å². The standard InChI is InChI=1S/C16H17N3O4/c1-11-3-2-4-12(9-11)18-16(21)14-10-13(19(22)23)5-6-15(14)17-7-8-20/h2-6,9-10,17,20H,7-8H2,1H3,(H,18,21). The predicted octanol–water partition coefficient (Wildman–Crippen LogP) is 2.56. The Bertz CT molecular complexity index is 731. The zero-order valence-corrected chi connectivity index (χ0v) is 12.6. The monoisotopic (exact) mass is 315 g/mol. The second-order valence-corrected chi connectivity index (χ2v) is 4.96. The topological polar surface area (TPSA) is 104 Å². The first kappa shape index (κ1) is 16.4. The van der Waals surface area contributed by atoms with E-state index in [0.29, 0.717) is 11.4 Å². The van der Waals surface area contributed by atoms with Crippen molar-refractivity contribution < 1.29 is 14.8 Å². The van der Waals surface area contributed by atoms with Crippen molar-refractivity contribution in [3.63, 3.8) is 0 Å². The maximum atomic E-state index is 12.4. The number of anilines is 2. The maximum Gasteiger partial charge on any atom is 0.270 e. The van der Waals surface area contributed by atoms with E-state index in [1.807, 2.05) is 19.1 Å². The van der Waals surface area contributed by atoms with E-state index >= 15 is 0 Å². The number of nitrogens with zero attached hydrogens (tertiary/aromatic N) is 1. The van der Waals surface area contributed by atoms with Crippen LogP contribution in [0.3, 0.4) is 0 Å². The van der Waals surface area contributed by atoms with Crippen molar-refractivity contribution in [2.75, 3.05) is 23.8 Å². The lowest BCUT2D eigenvalue weighted by Gasteiger charge is -2.12. The van der Waals surface area contributed by atoms with Crippen LogP contribution in [0.15, 0.2) is 42.5 Å². The number of non-ortho nitro benzene ring substituents is 1. The molecule has 0 spiro atoms. The van der Waals surface area contributed by atoms with E-state index in [4.69, 9.17) is 5.11 Å². The number of carbonyl (C=O) groups excluding carboxylic acids is 1. The van der Waals surface area contributed by atoms with Crippen molar-refractivity contribution in [1.29, 1.82) is 0 Å². The summed E-state index contributed by atoms with van der Waals surface area (Å²) in [6, 6.07) is 11.2. The van der Waals surface area contributed by atoms with E-state index in [1.165, 1.54) is 18.2 Å². The van der Waals surface area contributed by atoms with Gasteiger partial charge in [0.15, 0.2) is 0 Å². The van der Waals surface area contributed by atoms with Gasteiger partial charge in [0.05, 0.1) is 17.1 Å². The number of hydrogen-bond acceptors (Lipinski definition) is 5. The van der Waals surface area contributed by atoms with Gasteiger partial charge in [0.2, 0.25) is 0 Å². The molecule has 120 valence electrons. The highest BCUT2D eigenvalue weighted by atomic mass is 16.6. The number of nitro groups is 1. The van der Waals surface area contributed by atoms with E-state index in [-0.39, 0.29) is 24.4 Å². The second kappa shape index (κ2) is 7.37. The van der Waals surface area contributed by atoms with E-state index < -0.39 is 10.8 Å². The summed E-state index contributed by atoms with van der Waals surface area (Å²) in [5, 5.41) is 25.4. The Morgan fingerprint density at radius 1 is 1.26 bits per heavy atom. The summed E-state index contributed by atoms with van der Waals surface area (Å²) >= 11 is 0. The summed E-state index contributed by atoms with van der Waals surface area (Å²) in [6.45, 7) is 2.02. The minimum atomic E-state index is -0.556. The second-order valence-electron chi connectivity index (χ2n) is 4.96. The quantitative estimate of drug-likeness (QED) is 0.561. The molecule has 0 aromatic heterocycles. The molecule has 2 aromatic carbocycles. The van der Waals surface area contributed by atoms with Crippen LogP contribution in [0.5, 0.6) is 0 Å². The van der Waals surface area contributed by atoms with Gasteiger partial charge in [0.25, 0.3) is 11.6 Å². The summed E-state index contributed by atoms with van der Waals surface area (Å²) in [4.78, 5) is 22.8. The molecule has 2 aromatic rings. The molecule has 0 aliphatic heterocycles. The minimum absolute atomic E-state index is 0.115. The molecule has 0 heterocycles. The van der Waals surface area contributed by atoms with Crippen molar-refractivity contribution in [2.45, 2.75) is 6.92 Å². The van der Waals surface area contributed by atoms with Crippen LogP contribution in [0.2, 0.25) is 0 Å². The lowest BCUT2D eigenvalue weighted by Crippen LogP contribution is -2.16. The normalized spacial score (nSPS) is 10.2. The van der Waals surface area contributed by atoms with Gasteiger partial charge in [-0.15, -0.1) is 0 Å². The van der Waals surface area contributed by atoms with Gasteiger partial charge in [-0.2, -0.15) is 0 Å². The first-order valence-electron chi connectivity index (χ1n) is 7.02. The zero-order valence-electron chi connectivity index (χ0n) is 12.6. The molecule has 0 unspecified atom stereocenters. The molecule has 0 aliphatic carbocycles. The number of aliphatic hydroxyl groups is 1. The SMILES string of the molecule is Cc1cccc(NC(=O)c2cc([N+](=O)[O-])ccc2NCCO)c1. The third-order valence-electron chi connectivity index (χ3n) is 3.16. The van der Waals surface area contributed by atoms with Crippen LogP contribution in [-0.4, -0.2) is 29.1 Å². The van der Waals surface area contributed by atoms with Gasteiger partial charge < -0.3 is 15.7 Å². The number of hydrogen-bond donors (Lipinski definition) is 3. The maximum absolute atomic E-state index is 12.4. The van der Waals surface area contributed by atoms with Crippen LogP contribution in [0.4, 0.5) is 17.1 Å². The fourth-order valence-electron chi connectivity index (χ4n) is 2.10. The van der Waals surface area contributed by atoms with Gasteiger partial charge >= 0.3 is 0 Å². The Morgan fingerprint density at radius 2 is 2.04 bits per heavy atom. The van der Waals surface area contributed by atoms with E-state index in [1.54, 1.807) is 12.1 Å². The Hall–Kier alpha value is -2.93. The van der Waals surface area contributed by atoms with Crippen LogP contribution in [0.25, 0.3) is 0 Å². The van der Waals surface area contributed by atoms with Gasteiger partial charge in [-0.05, 0) is 30.7 Å². The van der Waals surface area contributed by atoms with Crippen molar-refractivity contribution in [2.24, 2.45) is 0 Å².